The number of benzene rings is 2. The van der Waals surface area contributed by atoms with Gasteiger partial charge in [-0.15, -0.1) is 0 Å². The topological polar surface area (TPSA) is 17.1 Å². The lowest BCUT2D eigenvalue weighted by molar-refractivity contribution is 0.530. The molecule has 0 aliphatic heterocycles. The van der Waals surface area contributed by atoms with Crippen molar-refractivity contribution in [2.75, 3.05) is 0 Å². The Kier molecular flexibility index (Phi) is 4.52. The molecule has 0 heterocycles. The molecule has 0 amide bonds. The summed E-state index contributed by atoms with van der Waals surface area (Å²) in [6.07, 6.45) is 6.59. The Morgan fingerprint density at radius 1 is 1.06 bits per heavy atom. The van der Waals surface area contributed by atoms with Crippen LogP contribution in [0, 0.1) is 0 Å². The van der Waals surface area contributed by atoms with Gasteiger partial charge in [-0.05, 0) is 22.8 Å². The van der Waals surface area contributed by atoms with Gasteiger partial charge in [-0.1, -0.05) is 68.7 Å². The summed E-state index contributed by atoms with van der Waals surface area (Å²) >= 11 is 0. The van der Waals surface area contributed by atoms with Gasteiger partial charge in [0.15, 0.2) is 0 Å². The van der Waals surface area contributed by atoms with E-state index in [1.54, 1.807) is 0 Å². The summed E-state index contributed by atoms with van der Waals surface area (Å²) in [6, 6.07) is 14.4. The van der Waals surface area contributed by atoms with E-state index in [0.29, 0.717) is 0 Å². The second kappa shape index (κ2) is 6.34. The lowest BCUT2D eigenvalue weighted by Crippen LogP contribution is -2.01. The molecule has 18 heavy (non-hydrogen) atoms. The number of carbonyl (C=O) groups excluding carboxylic acids is 1. The predicted octanol–water partition coefficient (Wildman–Crippen LogP) is 4.61. The van der Waals surface area contributed by atoms with Crippen LogP contribution < -0.4 is 0 Å². The molecule has 1 nitrogen and oxygen atoms in total. The van der Waals surface area contributed by atoms with Crippen LogP contribution in [0.3, 0.4) is 0 Å². The summed E-state index contributed by atoms with van der Waals surface area (Å²) in [5, 5.41) is 2.38. The summed E-state index contributed by atoms with van der Waals surface area (Å²) in [6.45, 7) is 2.18. The van der Waals surface area contributed by atoms with Gasteiger partial charge in [0.05, 0.1) is 5.92 Å². The van der Waals surface area contributed by atoms with E-state index >= 15 is 0 Å². The molecule has 0 saturated carbocycles. The monoisotopic (exact) mass is 239 g/mol. The molecule has 93 valence electrons. The molecule has 2 aromatic carbocycles. The highest BCUT2D eigenvalue weighted by Gasteiger charge is 2.13. The zero-order valence-corrected chi connectivity index (χ0v) is 10.9. The minimum absolute atomic E-state index is 0.0809. The van der Waals surface area contributed by atoms with Gasteiger partial charge >= 0.3 is 0 Å². The van der Waals surface area contributed by atoms with Crippen molar-refractivity contribution in [2.45, 2.75) is 38.5 Å². The molecule has 1 radical (unpaired) electrons. The second-order valence-corrected chi connectivity index (χ2v) is 4.73. The number of hydrogen-bond donors (Lipinski definition) is 0. The Labute approximate surface area is 109 Å². The van der Waals surface area contributed by atoms with Gasteiger partial charge < -0.3 is 0 Å². The van der Waals surface area contributed by atoms with Crippen molar-refractivity contribution in [1.82, 2.24) is 0 Å². The molecule has 0 aliphatic carbocycles. The molecular weight excluding hydrogens is 220 g/mol. The maximum atomic E-state index is 11.2. The predicted molar refractivity (Wildman–Crippen MR) is 76.5 cm³/mol. The van der Waals surface area contributed by atoms with Gasteiger partial charge in [0.1, 0.15) is 0 Å². The second-order valence-electron chi connectivity index (χ2n) is 4.73. The van der Waals surface area contributed by atoms with Gasteiger partial charge in [0.25, 0.3) is 0 Å². The van der Waals surface area contributed by atoms with Crippen molar-refractivity contribution < 1.29 is 4.79 Å². The minimum Gasteiger partial charge on any atom is -0.290 e. The van der Waals surface area contributed by atoms with Crippen molar-refractivity contribution in [2.24, 2.45) is 0 Å². The van der Waals surface area contributed by atoms with Crippen molar-refractivity contribution in [3.8, 4) is 0 Å². The largest absolute Gasteiger partial charge is 0.290 e. The molecule has 0 fully saturated rings. The number of hydrogen-bond acceptors (Lipinski definition) is 1. The van der Waals surface area contributed by atoms with E-state index in [1.165, 1.54) is 23.6 Å². The highest BCUT2D eigenvalue weighted by molar-refractivity contribution is 5.88. The number of fused-ring (bicyclic) bond motifs is 1. The standard InChI is InChI=1S/C17H19O/c1-2-3-4-9-15(13-18)17-12-7-10-14-8-5-6-11-16(14)17/h5-8,10-12,15H,2-4,9H2,1H3. The quantitative estimate of drug-likeness (QED) is 0.672. The Bertz CT molecular complexity index is 511. The third-order valence-electron chi connectivity index (χ3n) is 3.44. The first-order chi connectivity index (χ1) is 8.86. The van der Waals surface area contributed by atoms with Crippen LogP contribution in [0.25, 0.3) is 10.8 Å². The van der Waals surface area contributed by atoms with E-state index in [0.717, 1.165) is 18.4 Å². The Balaban J connectivity index is 2.30. The first-order valence-corrected chi connectivity index (χ1v) is 6.72. The fourth-order valence-corrected chi connectivity index (χ4v) is 2.43. The molecular formula is C17H19O. The number of rotatable bonds is 6. The fourth-order valence-electron chi connectivity index (χ4n) is 2.43. The summed E-state index contributed by atoms with van der Waals surface area (Å²) < 4.78 is 0. The first-order valence-electron chi connectivity index (χ1n) is 6.72. The highest BCUT2D eigenvalue weighted by Crippen LogP contribution is 2.28. The average molecular weight is 239 g/mol. The molecule has 0 aliphatic rings. The zero-order chi connectivity index (χ0) is 12.8. The maximum absolute atomic E-state index is 11.2. The van der Waals surface area contributed by atoms with Crippen molar-refractivity contribution in [3.63, 3.8) is 0 Å². The summed E-state index contributed by atoms with van der Waals surface area (Å²) in [5.41, 5.74) is 1.12. The van der Waals surface area contributed by atoms with Crippen LogP contribution in [-0.4, -0.2) is 6.29 Å². The van der Waals surface area contributed by atoms with E-state index in [1.807, 2.05) is 18.2 Å². The van der Waals surface area contributed by atoms with Crippen LogP contribution in [-0.2, 0) is 4.79 Å². The van der Waals surface area contributed by atoms with E-state index in [4.69, 9.17) is 0 Å². The molecule has 1 heteroatoms. The van der Waals surface area contributed by atoms with E-state index < -0.39 is 0 Å². The molecule has 0 bridgehead atoms. The van der Waals surface area contributed by atoms with E-state index in [-0.39, 0.29) is 5.92 Å². The Morgan fingerprint density at radius 3 is 2.61 bits per heavy atom. The Hall–Kier alpha value is -1.63. The zero-order valence-electron chi connectivity index (χ0n) is 10.9. The van der Waals surface area contributed by atoms with Gasteiger partial charge in [-0.25, -0.2) is 0 Å². The molecule has 0 N–H and O–H groups in total. The molecule has 1 unspecified atom stereocenters. The maximum Gasteiger partial charge on any atom is 0.206 e. The van der Waals surface area contributed by atoms with Gasteiger partial charge in [0.2, 0.25) is 6.29 Å². The minimum atomic E-state index is -0.0809. The lowest BCUT2D eigenvalue weighted by atomic mass is 9.90. The van der Waals surface area contributed by atoms with Crippen LogP contribution in [0.4, 0.5) is 0 Å². The molecule has 2 aromatic rings. The lowest BCUT2D eigenvalue weighted by Gasteiger charge is -2.12. The van der Waals surface area contributed by atoms with Gasteiger partial charge in [0, 0.05) is 0 Å². The van der Waals surface area contributed by atoms with E-state index in [9.17, 15) is 4.79 Å². The smallest absolute Gasteiger partial charge is 0.206 e. The first kappa shape index (κ1) is 12.8. The summed E-state index contributed by atoms with van der Waals surface area (Å²) in [7, 11) is 0. The van der Waals surface area contributed by atoms with Crippen molar-refractivity contribution >= 4 is 17.1 Å². The van der Waals surface area contributed by atoms with Gasteiger partial charge in [-0.2, -0.15) is 0 Å². The van der Waals surface area contributed by atoms with Crippen LogP contribution in [0.15, 0.2) is 42.5 Å². The average Bonchev–Trinajstić information content (AvgIpc) is 2.43. The molecule has 2 rings (SSSR count). The Morgan fingerprint density at radius 2 is 1.83 bits per heavy atom. The molecule has 1 atom stereocenters. The third-order valence-corrected chi connectivity index (χ3v) is 3.44. The fraction of sp³-hybridized carbons (Fsp3) is 0.353. The van der Waals surface area contributed by atoms with Crippen molar-refractivity contribution in [3.05, 3.63) is 48.0 Å². The SMILES string of the molecule is CCCCCC([C]=O)c1cccc2ccccc12. The third kappa shape index (κ3) is 2.79. The van der Waals surface area contributed by atoms with Crippen LogP contribution in [0.2, 0.25) is 0 Å². The van der Waals surface area contributed by atoms with Gasteiger partial charge in [-0.3, -0.25) is 4.79 Å². The van der Waals surface area contributed by atoms with Crippen LogP contribution >= 0.6 is 0 Å². The highest BCUT2D eigenvalue weighted by atomic mass is 16.1. The summed E-state index contributed by atoms with van der Waals surface area (Å²) in [5.74, 6) is -0.0809. The normalized spacial score (nSPS) is 12.5. The summed E-state index contributed by atoms with van der Waals surface area (Å²) in [4.78, 5) is 11.2. The molecule has 0 spiro atoms. The van der Waals surface area contributed by atoms with Crippen LogP contribution in [0.1, 0.15) is 44.1 Å². The van der Waals surface area contributed by atoms with E-state index in [2.05, 4.69) is 37.5 Å². The number of unbranched alkanes of at least 4 members (excludes halogenated alkanes) is 2. The molecule has 0 saturated heterocycles. The van der Waals surface area contributed by atoms with Crippen LogP contribution in [0.5, 0.6) is 0 Å². The molecule has 0 aromatic heterocycles. The van der Waals surface area contributed by atoms with Crippen molar-refractivity contribution in [1.29, 1.82) is 0 Å².